The molecule has 0 radical (unpaired) electrons. The van der Waals surface area contributed by atoms with Crippen molar-refractivity contribution in [1.29, 1.82) is 0 Å². The summed E-state index contributed by atoms with van der Waals surface area (Å²) in [7, 11) is 0. The quantitative estimate of drug-likeness (QED) is 0.727. The van der Waals surface area contributed by atoms with Gasteiger partial charge in [-0.05, 0) is 39.5 Å². The molecule has 2 heterocycles. The Kier molecular flexibility index (Phi) is 4.11. The maximum atomic E-state index is 12.4. The lowest BCUT2D eigenvalue weighted by Gasteiger charge is -2.33. The minimum absolute atomic E-state index is 0.0680. The van der Waals surface area contributed by atoms with Crippen LogP contribution in [0.4, 0.5) is 0 Å². The highest BCUT2D eigenvalue weighted by molar-refractivity contribution is 5.83. The first-order chi connectivity index (χ1) is 11.9. The molecule has 5 unspecified atom stereocenters. The molecule has 2 saturated heterocycles. The van der Waals surface area contributed by atoms with Gasteiger partial charge in [0.05, 0.1) is 11.5 Å². The van der Waals surface area contributed by atoms with E-state index in [4.69, 9.17) is 18.9 Å². The molecule has 4 aliphatic rings. The zero-order valence-corrected chi connectivity index (χ0v) is 15.3. The van der Waals surface area contributed by atoms with E-state index in [0.717, 1.165) is 25.7 Å². The number of hydrogen-bond donors (Lipinski definition) is 0. The van der Waals surface area contributed by atoms with Gasteiger partial charge in [0.1, 0.15) is 12.2 Å². The van der Waals surface area contributed by atoms with Crippen molar-refractivity contribution in [3.05, 3.63) is 0 Å². The van der Waals surface area contributed by atoms with Gasteiger partial charge in [0.25, 0.3) is 0 Å². The monoisotopic (exact) mass is 352 g/mol. The second-order valence-electron chi connectivity index (χ2n) is 8.57. The van der Waals surface area contributed by atoms with Crippen LogP contribution in [0.2, 0.25) is 0 Å². The molecule has 2 aliphatic heterocycles. The van der Waals surface area contributed by atoms with Crippen LogP contribution in [0.3, 0.4) is 0 Å². The van der Waals surface area contributed by atoms with Crippen LogP contribution in [0.5, 0.6) is 0 Å². The van der Waals surface area contributed by atoms with E-state index >= 15 is 0 Å². The molecule has 6 heteroatoms. The molecule has 4 rings (SSSR count). The van der Waals surface area contributed by atoms with Crippen molar-refractivity contribution in [2.45, 2.75) is 95.9 Å². The summed E-state index contributed by atoms with van der Waals surface area (Å²) in [4.78, 5) is 24.7. The van der Waals surface area contributed by atoms with E-state index in [1.54, 1.807) is 0 Å². The summed E-state index contributed by atoms with van der Waals surface area (Å²) in [6, 6.07) is 0. The summed E-state index contributed by atoms with van der Waals surface area (Å²) in [6.45, 7) is 5.59. The SMILES string of the molecule is CCC(C)(C)C(=O)OC1C(=O)OC2C1CC1OC3(CCCCC3)OC12. The zero-order valence-electron chi connectivity index (χ0n) is 15.3. The molecule has 0 N–H and O–H groups in total. The maximum Gasteiger partial charge on any atom is 0.348 e. The Morgan fingerprint density at radius 1 is 1.20 bits per heavy atom. The molecule has 0 aromatic heterocycles. The lowest BCUT2D eigenvalue weighted by Crippen LogP contribution is -2.38. The zero-order chi connectivity index (χ0) is 17.8. The van der Waals surface area contributed by atoms with Gasteiger partial charge in [0, 0.05) is 18.8 Å². The molecule has 0 aromatic rings. The van der Waals surface area contributed by atoms with Crippen molar-refractivity contribution in [1.82, 2.24) is 0 Å². The highest BCUT2D eigenvalue weighted by Crippen LogP contribution is 2.51. The normalized spacial score (nSPS) is 39.2. The van der Waals surface area contributed by atoms with Crippen LogP contribution >= 0.6 is 0 Å². The van der Waals surface area contributed by atoms with Crippen LogP contribution in [-0.2, 0) is 28.5 Å². The largest absolute Gasteiger partial charge is 0.456 e. The lowest BCUT2D eigenvalue weighted by molar-refractivity contribution is -0.208. The Bertz CT molecular complexity index is 564. The summed E-state index contributed by atoms with van der Waals surface area (Å²) in [5.74, 6) is -1.44. The summed E-state index contributed by atoms with van der Waals surface area (Å²) >= 11 is 0. The molecule has 0 aromatic carbocycles. The van der Waals surface area contributed by atoms with E-state index in [0.29, 0.717) is 12.8 Å². The fraction of sp³-hybridized carbons (Fsp3) is 0.895. The second kappa shape index (κ2) is 5.95. The molecule has 5 atom stereocenters. The lowest BCUT2D eigenvalue weighted by atomic mass is 9.90. The summed E-state index contributed by atoms with van der Waals surface area (Å²) in [5, 5.41) is 0. The second-order valence-corrected chi connectivity index (χ2v) is 8.57. The third-order valence-corrected chi connectivity index (χ3v) is 6.49. The number of ether oxygens (including phenoxy) is 4. The minimum Gasteiger partial charge on any atom is -0.456 e. The van der Waals surface area contributed by atoms with Gasteiger partial charge in [-0.3, -0.25) is 4.79 Å². The number of fused-ring (bicyclic) bond motifs is 3. The molecule has 6 nitrogen and oxygen atoms in total. The van der Waals surface area contributed by atoms with E-state index in [1.807, 2.05) is 20.8 Å². The van der Waals surface area contributed by atoms with Crippen molar-refractivity contribution >= 4 is 11.9 Å². The van der Waals surface area contributed by atoms with E-state index < -0.39 is 23.3 Å². The maximum absolute atomic E-state index is 12.4. The fourth-order valence-corrected chi connectivity index (χ4v) is 4.51. The Hall–Kier alpha value is -1.14. The van der Waals surface area contributed by atoms with Crippen molar-refractivity contribution < 1.29 is 28.5 Å². The third kappa shape index (κ3) is 2.78. The fourth-order valence-electron chi connectivity index (χ4n) is 4.51. The molecule has 0 bridgehead atoms. The van der Waals surface area contributed by atoms with E-state index in [-0.39, 0.29) is 30.2 Å². The first-order valence-electron chi connectivity index (χ1n) is 9.62. The molecular formula is C19H28O6. The molecular weight excluding hydrogens is 324 g/mol. The predicted octanol–water partition coefficient (Wildman–Crippen LogP) is 2.72. The minimum atomic E-state index is -0.830. The predicted molar refractivity (Wildman–Crippen MR) is 87.5 cm³/mol. The molecule has 140 valence electrons. The van der Waals surface area contributed by atoms with Gasteiger partial charge in [-0.1, -0.05) is 13.3 Å². The highest BCUT2D eigenvalue weighted by Gasteiger charge is 2.64. The molecule has 2 saturated carbocycles. The first kappa shape index (κ1) is 17.3. The van der Waals surface area contributed by atoms with Gasteiger partial charge in [-0.25, -0.2) is 4.79 Å². The van der Waals surface area contributed by atoms with Gasteiger partial charge in [0.2, 0.25) is 6.10 Å². The average molecular weight is 352 g/mol. The number of carbonyl (C=O) groups is 2. The van der Waals surface area contributed by atoms with Crippen molar-refractivity contribution in [2.75, 3.05) is 0 Å². The Morgan fingerprint density at radius 3 is 2.60 bits per heavy atom. The molecule has 25 heavy (non-hydrogen) atoms. The number of rotatable bonds is 3. The van der Waals surface area contributed by atoms with E-state index in [9.17, 15) is 9.59 Å². The standard InChI is InChI=1S/C19H28O6/c1-4-18(2,3)17(21)23-14-11-10-12-15(13(11)22-16(14)20)25-19(24-12)8-6-5-7-9-19/h11-15H,4-10H2,1-3H3. The Labute approximate surface area is 148 Å². The first-order valence-corrected chi connectivity index (χ1v) is 9.62. The van der Waals surface area contributed by atoms with Gasteiger partial charge < -0.3 is 18.9 Å². The number of carbonyl (C=O) groups excluding carboxylic acids is 2. The van der Waals surface area contributed by atoms with Gasteiger partial charge >= 0.3 is 11.9 Å². The molecule has 0 amide bonds. The average Bonchev–Trinajstić information content (AvgIpc) is 3.17. The number of esters is 2. The van der Waals surface area contributed by atoms with E-state index in [2.05, 4.69) is 0 Å². The van der Waals surface area contributed by atoms with Crippen molar-refractivity contribution in [3.8, 4) is 0 Å². The van der Waals surface area contributed by atoms with Crippen LogP contribution in [0.15, 0.2) is 0 Å². The smallest absolute Gasteiger partial charge is 0.348 e. The van der Waals surface area contributed by atoms with Crippen molar-refractivity contribution in [3.63, 3.8) is 0 Å². The summed E-state index contributed by atoms with van der Waals surface area (Å²) < 4.78 is 23.7. The van der Waals surface area contributed by atoms with Gasteiger partial charge in [-0.15, -0.1) is 0 Å². The molecule has 1 spiro atoms. The Morgan fingerprint density at radius 2 is 1.92 bits per heavy atom. The number of hydrogen-bond acceptors (Lipinski definition) is 6. The van der Waals surface area contributed by atoms with Crippen molar-refractivity contribution in [2.24, 2.45) is 11.3 Å². The van der Waals surface area contributed by atoms with Crippen LogP contribution in [0, 0.1) is 11.3 Å². The van der Waals surface area contributed by atoms with Gasteiger partial charge in [0.15, 0.2) is 5.79 Å². The highest BCUT2D eigenvalue weighted by atomic mass is 16.8. The van der Waals surface area contributed by atoms with Crippen LogP contribution in [0.1, 0.15) is 65.7 Å². The van der Waals surface area contributed by atoms with Gasteiger partial charge in [-0.2, -0.15) is 0 Å². The summed E-state index contributed by atoms with van der Waals surface area (Å²) in [6.07, 6.45) is 5.08. The van der Waals surface area contributed by atoms with Crippen LogP contribution in [-0.4, -0.2) is 42.1 Å². The Balaban J connectivity index is 1.45. The van der Waals surface area contributed by atoms with Crippen LogP contribution < -0.4 is 0 Å². The van der Waals surface area contributed by atoms with E-state index in [1.165, 1.54) is 6.42 Å². The summed E-state index contributed by atoms with van der Waals surface area (Å²) in [5.41, 5.74) is -0.605. The van der Waals surface area contributed by atoms with Crippen LogP contribution in [0.25, 0.3) is 0 Å². The topological polar surface area (TPSA) is 71.1 Å². The molecule has 4 fully saturated rings. The molecule has 2 aliphatic carbocycles. The third-order valence-electron chi connectivity index (χ3n) is 6.49.